The highest BCUT2D eigenvalue weighted by Gasteiger charge is 2.46. The van der Waals surface area contributed by atoms with E-state index in [1.165, 1.54) is 32.2 Å². The van der Waals surface area contributed by atoms with Crippen LogP contribution in [-0.2, 0) is 22.0 Å². The first-order valence-electron chi connectivity index (χ1n) is 15.6. The lowest BCUT2D eigenvalue weighted by atomic mass is 9.80. The molecule has 0 radical (unpaired) electrons. The molecule has 4 N–H and O–H groups in total. The van der Waals surface area contributed by atoms with Crippen LogP contribution in [0.4, 0.5) is 17.6 Å². The minimum atomic E-state index is -4.82. The highest BCUT2D eigenvalue weighted by atomic mass is 19.4. The number of aliphatic hydroxyl groups is 1. The van der Waals surface area contributed by atoms with Gasteiger partial charge in [-0.05, 0) is 61.7 Å². The number of primary amides is 1. The Morgan fingerprint density at radius 3 is 2.46 bits per heavy atom. The summed E-state index contributed by atoms with van der Waals surface area (Å²) in [5, 5.41) is 15.2. The van der Waals surface area contributed by atoms with E-state index >= 15 is 4.39 Å². The van der Waals surface area contributed by atoms with Gasteiger partial charge in [0.2, 0.25) is 5.91 Å². The first-order valence-corrected chi connectivity index (χ1v) is 15.6. The standard InChI is InChI=1S/C36H30F4N4O6/c1-34(33(41)46)17-49-30-23(34)15-27(43-28(30)22-14-21(36(38,39)40)10-11-24(22)37)35(47,20-6-4-3-5-7-20)16-42-31(45)19-12-25(48-2)29-26(13-19)50-32(44-29)18-8-9-18/h3-7,10-15,18,47H,8-9,16-17H2,1-2H3,(H2,41,46)(H,42,45)/t34-,35+/m0/s1. The quantitative estimate of drug-likeness (QED) is 0.166. The first-order chi connectivity index (χ1) is 23.7. The van der Waals surface area contributed by atoms with Crippen molar-refractivity contribution in [1.82, 2.24) is 15.3 Å². The van der Waals surface area contributed by atoms with E-state index < -0.39 is 58.2 Å². The van der Waals surface area contributed by atoms with Crippen LogP contribution in [0.2, 0.25) is 0 Å². The van der Waals surface area contributed by atoms with Gasteiger partial charge in [-0.2, -0.15) is 13.2 Å². The molecule has 3 aromatic carbocycles. The molecule has 0 saturated heterocycles. The third kappa shape index (κ3) is 5.58. The third-order valence-corrected chi connectivity index (χ3v) is 9.23. The molecule has 2 aromatic heterocycles. The number of halogens is 4. The van der Waals surface area contributed by atoms with Gasteiger partial charge in [0.15, 0.2) is 17.0 Å². The molecule has 1 saturated carbocycles. The number of oxazole rings is 1. The predicted molar refractivity (Wildman–Crippen MR) is 171 cm³/mol. The fraction of sp³-hybridized carbons (Fsp3) is 0.278. The molecule has 7 rings (SSSR count). The van der Waals surface area contributed by atoms with E-state index in [4.69, 9.17) is 19.6 Å². The molecule has 14 heteroatoms. The molecule has 2 amide bonds. The lowest BCUT2D eigenvalue weighted by Crippen LogP contribution is -2.43. The van der Waals surface area contributed by atoms with Crippen LogP contribution in [0.15, 0.2) is 71.1 Å². The number of aromatic nitrogens is 2. The molecule has 0 spiro atoms. The van der Waals surface area contributed by atoms with Crippen molar-refractivity contribution in [3.05, 3.63) is 106 Å². The normalized spacial score (nSPS) is 18.3. The number of benzene rings is 3. The number of ether oxygens (including phenoxy) is 2. The molecule has 10 nitrogen and oxygen atoms in total. The summed E-state index contributed by atoms with van der Waals surface area (Å²) < 4.78 is 73.8. The molecule has 50 heavy (non-hydrogen) atoms. The maximum atomic E-state index is 15.4. The van der Waals surface area contributed by atoms with Crippen molar-refractivity contribution < 1.29 is 46.1 Å². The van der Waals surface area contributed by atoms with Crippen molar-refractivity contribution >= 4 is 22.9 Å². The van der Waals surface area contributed by atoms with Crippen LogP contribution in [0.3, 0.4) is 0 Å². The maximum Gasteiger partial charge on any atom is 0.416 e. The largest absolute Gasteiger partial charge is 0.494 e. The van der Waals surface area contributed by atoms with Gasteiger partial charge in [-0.1, -0.05) is 30.3 Å². The number of pyridine rings is 1. The number of hydrogen-bond donors (Lipinski definition) is 3. The van der Waals surface area contributed by atoms with Crippen LogP contribution >= 0.6 is 0 Å². The van der Waals surface area contributed by atoms with E-state index in [0.29, 0.717) is 40.9 Å². The average molecular weight is 691 g/mol. The lowest BCUT2D eigenvalue weighted by molar-refractivity contribution is -0.137. The van der Waals surface area contributed by atoms with Crippen LogP contribution in [0.25, 0.3) is 22.4 Å². The molecule has 0 unspecified atom stereocenters. The van der Waals surface area contributed by atoms with Gasteiger partial charge in [0.05, 0.1) is 24.9 Å². The Hall–Kier alpha value is -5.50. The van der Waals surface area contributed by atoms with Gasteiger partial charge in [0, 0.05) is 22.6 Å². The highest BCUT2D eigenvalue weighted by molar-refractivity contribution is 5.99. The van der Waals surface area contributed by atoms with Crippen molar-refractivity contribution in [3.63, 3.8) is 0 Å². The number of nitrogens with two attached hydrogens (primary N) is 1. The van der Waals surface area contributed by atoms with Gasteiger partial charge < -0.3 is 30.0 Å². The summed E-state index contributed by atoms with van der Waals surface area (Å²) in [6, 6.07) is 14.2. The molecule has 1 fully saturated rings. The number of nitrogens with one attached hydrogen (secondary N) is 1. The van der Waals surface area contributed by atoms with E-state index in [-0.39, 0.29) is 40.7 Å². The Kier molecular flexibility index (Phi) is 7.81. The highest BCUT2D eigenvalue weighted by Crippen LogP contribution is 2.47. The number of rotatable bonds is 9. The van der Waals surface area contributed by atoms with E-state index in [1.54, 1.807) is 30.3 Å². The monoisotopic (exact) mass is 690 g/mol. The molecule has 3 heterocycles. The summed E-state index contributed by atoms with van der Waals surface area (Å²) in [7, 11) is 1.43. The van der Waals surface area contributed by atoms with E-state index in [1.807, 2.05) is 0 Å². The van der Waals surface area contributed by atoms with E-state index in [0.717, 1.165) is 12.8 Å². The summed E-state index contributed by atoms with van der Waals surface area (Å²) >= 11 is 0. The van der Waals surface area contributed by atoms with Crippen molar-refractivity contribution in [2.24, 2.45) is 5.73 Å². The van der Waals surface area contributed by atoms with Crippen LogP contribution in [0.1, 0.15) is 64.3 Å². The summed E-state index contributed by atoms with van der Waals surface area (Å²) in [6.45, 7) is 0.623. The SMILES string of the molecule is COc1cc(C(=O)NC[C@@](O)(c2ccccc2)c2cc3c(c(-c4cc(C(F)(F)F)ccc4F)n2)OC[C@]3(C)C(N)=O)cc2oc(C3CC3)nc12. The second-order valence-electron chi connectivity index (χ2n) is 12.7. The molecule has 1 aliphatic heterocycles. The third-order valence-electron chi connectivity index (χ3n) is 9.23. The molecule has 5 aromatic rings. The van der Waals surface area contributed by atoms with Crippen molar-refractivity contribution in [2.75, 3.05) is 20.3 Å². The van der Waals surface area contributed by atoms with Crippen molar-refractivity contribution in [1.29, 1.82) is 0 Å². The minimum Gasteiger partial charge on any atom is -0.494 e. The summed E-state index contributed by atoms with van der Waals surface area (Å²) in [4.78, 5) is 35.4. The van der Waals surface area contributed by atoms with E-state index in [9.17, 15) is 27.9 Å². The smallest absolute Gasteiger partial charge is 0.416 e. The zero-order chi connectivity index (χ0) is 35.6. The Morgan fingerprint density at radius 1 is 1.06 bits per heavy atom. The number of carbonyl (C=O) groups is 2. The fourth-order valence-electron chi connectivity index (χ4n) is 6.04. The molecule has 2 aliphatic rings. The number of carbonyl (C=O) groups excluding carboxylic acids is 2. The van der Waals surface area contributed by atoms with Crippen molar-refractivity contribution in [3.8, 4) is 22.8 Å². The molecule has 2 atom stereocenters. The van der Waals surface area contributed by atoms with Crippen molar-refractivity contribution in [2.45, 2.75) is 42.9 Å². The Labute approximate surface area is 282 Å². The van der Waals surface area contributed by atoms with Crippen LogP contribution in [0, 0.1) is 5.82 Å². The maximum absolute atomic E-state index is 15.4. The number of fused-ring (bicyclic) bond motifs is 2. The summed E-state index contributed by atoms with van der Waals surface area (Å²) in [6.07, 6.45) is -2.92. The van der Waals surface area contributed by atoms with Crippen LogP contribution < -0.4 is 20.5 Å². The molecule has 1 aliphatic carbocycles. The lowest BCUT2D eigenvalue weighted by Gasteiger charge is -2.30. The van der Waals surface area contributed by atoms with Gasteiger partial charge in [-0.15, -0.1) is 0 Å². The van der Waals surface area contributed by atoms with Crippen LogP contribution in [0.5, 0.6) is 11.5 Å². The summed E-state index contributed by atoms with van der Waals surface area (Å²) in [5.41, 5.74) is 0.948. The number of nitrogens with zero attached hydrogens (tertiary/aromatic N) is 2. The molecular weight excluding hydrogens is 660 g/mol. The minimum absolute atomic E-state index is 0.0782. The van der Waals surface area contributed by atoms with E-state index in [2.05, 4.69) is 15.3 Å². The number of alkyl halides is 3. The zero-order valence-corrected chi connectivity index (χ0v) is 26.7. The van der Waals surface area contributed by atoms with Gasteiger partial charge in [0.1, 0.15) is 40.6 Å². The number of hydrogen-bond acceptors (Lipinski definition) is 8. The summed E-state index contributed by atoms with van der Waals surface area (Å²) in [5.74, 6) is -1.62. The fourth-order valence-corrected chi connectivity index (χ4v) is 6.04. The molecular formula is C36H30F4N4O6. The predicted octanol–water partition coefficient (Wildman–Crippen LogP) is 5.74. The first kappa shape index (κ1) is 33.0. The zero-order valence-electron chi connectivity index (χ0n) is 26.7. The van der Waals surface area contributed by atoms with Gasteiger partial charge >= 0.3 is 6.18 Å². The van der Waals surface area contributed by atoms with Gasteiger partial charge in [-0.25, -0.2) is 14.4 Å². The molecule has 258 valence electrons. The average Bonchev–Trinajstić information content (AvgIpc) is 3.77. The Bertz CT molecular complexity index is 2170. The van der Waals surface area contributed by atoms with Gasteiger partial charge in [-0.3, -0.25) is 9.59 Å². The second-order valence-corrected chi connectivity index (χ2v) is 12.7. The molecule has 0 bridgehead atoms. The topological polar surface area (TPSA) is 150 Å². The number of methoxy groups -OCH3 is 1. The Balaban J connectivity index is 1.34. The number of amides is 2. The second kappa shape index (κ2) is 11.8. The Morgan fingerprint density at radius 2 is 1.80 bits per heavy atom. The van der Waals surface area contributed by atoms with Crippen LogP contribution in [-0.4, -0.2) is 47.2 Å². The van der Waals surface area contributed by atoms with Gasteiger partial charge in [0.25, 0.3) is 5.91 Å².